The van der Waals surface area contributed by atoms with Crippen LogP contribution in [0.3, 0.4) is 0 Å². The summed E-state index contributed by atoms with van der Waals surface area (Å²) in [6, 6.07) is 2.07. The van der Waals surface area contributed by atoms with Crippen molar-refractivity contribution in [3.63, 3.8) is 0 Å². The van der Waals surface area contributed by atoms with Crippen molar-refractivity contribution in [1.82, 2.24) is 4.98 Å². The summed E-state index contributed by atoms with van der Waals surface area (Å²) in [4.78, 5) is 14.3. The lowest BCUT2D eigenvalue weighted by Crippen LogP contribution is -2.32. The zero-order valence-electron chi connectivity index (χ0n) is 7.48. The molecule has 1 aromatic rings. The number of nitrogens with two attached hydrogens (primary N) is 1. The Balaban J connectivity index is 2.71. The molecule has 1 unspecified atom stereocenters. The Morgan fingerprint density at radius 3 is 3.00 bits per heavy atom. The van der Waals surface area contributed by atoms with E-state index in [4.69, 9.17) is 10.8 Å². The number of aromatic nitrogens is 1. The van der Waals surface area contributed by atoms with E-state index in [9.17, 15) is 9.18 Å². The molecule has 0 amide bonds. The van der Waals surface area contributed by atoms with Gasteiger partial charge in [-0.3, -0.25) is 9.78 Å². The van der Waals surface area contributed by atoms with E-state index in [0.29, 0.717) is 11.3 Å². The van der Waals surface area contributed by atoms with Crippen molar-refractivity contribution in [1.29, 1.82) is 0 Å². The predicted octanol–water partition coefficient (Wildman–Crippen LogP) is 0.506. The molecule has 1 heterocycles. The molecule has 1 atom stereocenters. The van der Waals surface area contributed by atoms with Gasteiger partial charge in [0.2, 0.25) is 0 Å². The second-order valence-electron chi connectivity index (χ2n) is 2.94. The summed E-state index contributed by atoms with van der Waals surface area (Å²) in [5.74, 6) is -1.09. The number of alkyl halides is 1. The molecule has 14 heavy (non-hydrogen) atoms. The smallest absolute Gasteiger partial charge is 0.320 e. The van der Waals surface area contributed by atoms with E-state index in [0.717, 1.165) is 0 Å². The van der Waals surface area contributed by atoms with E-state index in [1.807, 2.05) is 0 Å². The summed E-state index contributed by atoms with van der Waals surface area (Å²) in [6.45, 7) is -0.585. The molecule has 1 aromatic heterocycles. The number of rotatable bonds is 4. The van der Waals surface area contributed by atoms with Gasteiger partial charge in [0, 0.05) is 18.3 Å². The quantitative estimate of drug-likeness (QED) is 0.738. The van der Waals surface area contributed by atoms with E-state index < -0.39 is 18.7 Å². The fourth-order valence-corrected chi connectivity index (χ4v) is 1.04. The number of aliphatic carboxylic acids is 1. The zero-order valence-corrected chi connectivity index (χ0v) is 7.48. The second-order valence-corrected chi connectivity index (χ2v) is 2.94. The van der Waals surface area contributed by atoms with Crippen LogP contribution in [0.15, 0.2) is 18.3 Å². The Hall–Kier alpha value is -1.49. The third-order valence-corrected chi connectivity index (χ3v) is 1.78. The van der Waals surface area contributed by atoms with Crippen molar-refractivity contribution in [3.8, 4) is 0 Å². The topological polar surface area (TPSA) is 76.2 Å². The first-order chi connectivity index (χ1) is 6.63. The highest BCUT2D eigenvalue weighted by molar-refractivity contribution is 5.73. The van der Waals surface area contributed by atoms with Gasteiger partial charge in [0.25, 0.3) is 0 Å². The van der Waals surface area contributed by atoms with Crippen LogP contribution >= 0.6 is 0 Å². The number of pyridine rings is 1. The highest BCUT2D eigenvalue weighted by Gasteiger charge is 2.12. The Kier molecular flexibility index (Phi) is 3.53. The monoisotopic (exact) mass is 198 g/mol. The molecule has 0 saturated heterocycles. The fourth-order valence-electron chi connectivity index (χ4n) is 1.04. The van der Waals surface area contributed by atoms with Gasteiger partial charge in [-0.1, -0.05) is 0 Å². The van der Waals surface area contributed by atoms with Gasteiger partial charge in [-0.2, -0.15) is 0 Å². The number of halogens is 1. The summed E-state index contributed by atoms with van der Waals surface area (Å²) < 4.78 is 12.2. The van der Waals surface area contributed by atoms with Crippen LogP contribution in [0.4, 0.5) is 4.39 Å². The molecule has 0 radical (unpaired) electrons. The van der Waals surface area contributed by atoms with Crippen LogP contribution in [0.25, 0.3) is 0 Å². The Labute approximate surface area is 80.6 Å². The SMILES string of the molecule is NC(Cc1cc(CF)ccn1)C(=O)O. The zero-order chi connectivity index (χ0) is 10.6. The lowest BCUT2D eigenvalue weighted by molar-refractivity contribution is -0.138. The fraction of sp³-hybridized carbons (Fsp3) is 0.333. The van der Waals surface area contributed by atoms with E-state index in [1.165, 1.54) is 18.3 Å². The predicted molar refractivity (Wildman–Crippen MR) is 48.4 cm³/mol. The first kappa shape index (κ1) is 10.6. The third kappa shape index (κ3) is 2.77. The van der Waals surface area contributed by atoms with Crippen LogP contribution < -0.4 is 5.73 Å². The van der Waals surface area contributed by atoms with Crippen LogP contribution in [0.1, 0.15) is 11.3 Å². The molecule has 0 aromatic carbocycles. The number of carboxylic acids is 1. The van der Waals surface area contributed by atoms with Crippen molar-refractivity contribution < 1.29 is 14.3 Å². The molecule has 0 spiro atoms. The summed E-state index contributed by atoms with van der Waals surface area (Å²) in [5.41, 5.74) is 6.28. The maximum absolute atomic E-state index is 12.2. The van der Waals surface area contributed by atoms with Crippen molar-refractivity contribution in [2.24, 2.45) is 5.73 Å². The summed E-state index contributed by atoms with van der Waals surface area (Å²) >= 11 is 0. The molecular formula is C9H11FN2O2. The van der Waals surface area contributed by atoms with E-state index in [1.54, 1.807) is 0 Å². The number of carbonyl (C=O) groups is 1. The highest BCUT2D eigenvalue weighted by Crippen LogP contribution is 2.05. The third-order valence-electron chi connectivity index (χ3n) is 1.78. The average Bonchev–Trinajstić information content (AvgIpc) is 2.18. The number of hydrogen-bond acceptors (Lipinski definition) is 3. The molecular weight excluding hydrogens is 187 g/mol. The van der Waals surface area contributed by atoms with Crippen molar-refractivity contribution >= 4 is 5.97 Å². The molecule has 76 valence electrons. The van der Waals surface area contributed by atoms with Crippen LogP contribution in [0.2, 0.25) is 0 Å². The van der Waals surface area contributed by atoms with Gasteiger partial charge >= 0.3 is 5.97 Å². The largest absolute Gasteiger partial charge is 0.480 e. The molecule has 4 nitrogen and oxygen atoms in total. The van der Waals surface area contributed by atoms with Gasteiger partial charge in [-0.05, 0) is 17.7 Å². The Bertz CT molecular complexity index is 330. The minimum atomic E-state index is -1.09. The molecule has 0 fully saturated rings. The normalized spacial score (nSPS) is 12.4. The van der Waals surface area contributed by atoms with Crippen LogP contribution in [-0.4, -0.2) is 22.1 Å². The molecule has 0 aliphatic heterocycles. The van der Waals surface area contributed by atoms with Crippen LogP contribution in [-0.2, 0) is 17.9 Å². The number of hydrogen-bond donors (Lipinski definition) is 2. The molecule has 0 bridgehead atoms. The van der Waals surface area contributed by atoms with Crippen molar-refractivity contribution in [2.75, 3.05) is 0 Å². The van der Waals surface area contributed by atoms with E-state index in [2.05, 4.69) is 4.98 Å². The van der Waals surface area contributed by atoms with Gasteiger partial charge in [0.15, 0.2) is 0 Å². The number of nitrogens with zero attached hydrogens (tertiary/aromatic N) is 1. The van der Waals surface area contributed by atoms with Crippen molar-refractivity contribution in [3.05, 3.63) is 29.6 Å². The van der Waals surface area contributed by atoms with Gasteiger partial charge < -0.3 is 10.8 Å². The molecule has 1 rings (SSSR count). The average molecular weight is 198 g/mol. The van der Waals surface area contributed by atoms with E-state index in [-0.39, 0.29) is 6.42 Å². The van der Waals surface area contributed by atoms with Crippen LogP contribution in [0.5, 0.6) is 0 Å². The summed E-state index contributed by atoms with van der Waals surface area (Å²) in [5, 5.41) is 8.54. The van der Waals surface area contributed by atoms with Crippen molar-refractivity contribution in [2.45, 2.75) is 19.1 Å². The second kappa shape index (κ2) is 4.66. The van der Waals surface area contributed by atoms with Crippen LogP contribution in [0, 0.1) is 0 Å². The molecule has 3 N–H and O–H groups in total. The number of carboxylic acid groups (broad SMARTS) is 1. The lowest BCUT2D eigenvalue weighted by atomic mass is 10.1. The van der Waals surface area contributed by atoms with Gasteiger partial charge in [0.1, 0.15) is 12.7 Å². The van der Waals surface area contributed by atoms with E-state index >= 15 is 0 Å². The van der Waals surface area contributed by atoms with Gasteiger partial charge in [-0.15, -0.1) is 0 Å². The first-order valence-electron chi connectivity index (χ1n) is 4.11. The first-order valence-corrected chi connectivity index (χ1v) is 4.11. The molecule has 0 saturated carbocycles. The minimum Gasteiger partial charge on any atom is -0.480 e. The maximum Gasteiger partial charge on any atom is 0.320 e. The molecule has 5 heteroatoms. The highest BCUT2D eigenvalue weighted by atomic mass is 19.1. The Morgan fingerprint density at radius 2 is 2.43 bits per heavy atom. The Morgan fingerprint density at radius 1 is 1.71 bits per heavy atom. The standard InChI is InChI=1S/C9H11FN2O2/c10-5-6-1-2-12-7(3-6)4-8(11)9(13)14/h1-3,8H,4-5,11H2,(H,13,14). The van der Waals surface area contributed by atoms with Gasteiger partial charge in [-0.25, -0.2) is 4.39 Å². The minimum absolute atomic E-state index is 0.114. The summed E-state index contributed by atoms with van der Waals surface area (Å²) in [7, 11) is 0. The molecule has 0 aliphatic rings. The maximum atomic E-state index is 12.2. The molecule has 0 aliphatic carbocycles. The lowest BCUT2D eigenvalue weighted by Gasteiger charge is -2.05. The van der Waals surface area contributed by atoms with Gasteiger partial charge in [0.05, 0.1) is 0 Å². The summed E-state index contributed by atoms with van der Waals surface area (Å²) in [6.07, 6.45) is 1.56.